The van der Waals surface area contributed by atoms with Gasteiger partial charge in [-0.3, -0.25) is 0 Å². The molecule has 2 aliphatic carbocycles. The lowest BCUT2D eigenvalue weighted by atomic mass is 9.95. The van der Waals surface area contributed by atoms with Gasteiger partial charge in [-0.2, -0.15) is 0 Å². The van der Waals surface area contributed by atoms with Crippen molar-refractivity contribution in [3.05, 3.63) is 70.8 Å². The zero-order valence-electron chi connectivity index (χ0n) is 22.6. The van der Waals surface area contributed by atoms with Crippen LogP contribution >= 0.6 is 10.0 Å². The number of benzene rings is 2. The molecule has 1 nitrogen and oxygen atoms in total. The van der Waals surface area contributed by atoms with Crippen molar-refractivity contribution >= 4 is 10.0 Å². The first kappa shape index (κ1) is 25.8. The van der Waals surface area contributed by atoms with Crippen LogP contribution in [-0.4, -0.2) is 24.7 Å². The van der Waals surface area contributed by atoms with Crippen LogP contribution in [0, 0.1) is 0 Å². The first-order valence-corrected chi connectivity index (χ1v) is 16.3. The molecule has 0 bridgehead atoms. The molecule has 0 radical (unpaired) electrons. The molecule has 4 unspecified atom stereocenters. The van der Waals surface area contributed by atoms with Crippen LogP contribution in [0.5, 0.6) is 0 Å². The third-order valence-corrected chi connectivity index (χ3v) is 12.2. The lowest BCUT2D eigenvalue weighted by Gasteiger charge is -2.45. The second-order valence-electron chi connectivity index (χ2n) is 12.2. The van der Waals surface area contributed by atoms with Gasteiger partial charge in [0.15, 0.2) is 0 Å². The van der Waals surface area contributed by atoms with Gasteiger partial charge in [-0.05, 0) is 99.5 Å². The average molecular weight is 481 g/mol. The first-order valence-electron chi connectivity index (χ1n) is 13.7. The Hall–Kier alpha value is -1.25. The molecule has 2 aliphatic rings. The Balaban J connectivity index is 1.50. The Morgan fingerprint density at radius 3 is 1.68 bits per heavy atom. The fourth-order valence-corrected chi connectivity index (χ4v) is 10.2. The van der Waals surface area contributed by atoms with E-state index < -0.39 is 10.0 Å². The minimum absolute atomic E-state index is 0.0228. The lowest BCUT2D eigenvalue weighted by Crippen LogP contribution is -2.19. The van der Waals surface area contributed by atoms with Gasteiger partial charge in [-0.15, -0.1) is 0 Å². The molecule has 0 aromatic heterocycles. The predicted molar refractivity (Wildman–Crippen MR) is 152 cm³/mol. The molecule has 188 valence electrons. The average Bonchev–Trinajstić information content (AvgIpc) is 3.36. The van der Waals surface area contributed by atoms with E-state index in [1.807, 2.05) is 0 Å². The van der Waals surface area contributed by atoms with Crippen molar-refractivity contribution in [1.29, 1.82) is 0 Å². The molecule has 0 fully saturated rings. The van der Waals surface area contributed by atoms with Crippen molar-refractivity contribution in [2.45, 2.75) is 107 Å². The topological polar surface area (TPSA) is 9.23 Å². The number of rotatable bonds is 10. The molecule has 0 amide bonds. The van der Waals surface area contributed by atoms with E-state index in [0.29, 0.717) is 0 Å². The lowest BCUT2D eigenvalue weighted by molar-refractivity contribution is -0.00483. The van der Waals surface area contributed by atoms with Crippen molar-refractivity contribution in [1.82, 2.24) is 0 Å². The highest BCUT2D eigenvalue weighted by molar-refractivity contribution is 8.33. The van der Waals surface area contributed by atoms with Crippen LogP contribution in [0.3, 0.4) is 0 Å². The second kappa shape index (κ2) is 10.8. The smallest absolute Gasteiger partial charge is 0.0598 e. The summed E-state index contributed by atoms with van der Waals surface area (Å²) in [7, 11) is -0.835. The van der Waals surface area contributed by atoms with Crippen LogP contribution in [0.25, 0.3) is 0 Å². The van der Waals surface area contributed by atoms with E-state index in [9.17, 15) is 0 Å². The normalized spacial score (nSPS) is 24.8. The van der Waals surface area contributed by atoms with Crippen LogP contribution in [0.2, 0.25) is 0 Å². The molecule has 0 N–H and O–H groups in total. The molecule has 0 spiro atoms. The molecule has 4 rings (SSSR count). The maximum atomic E-state index is 5.98. The Morgan fingerprint density at radius 1 is 0.735 bits per heavy atom. The van der Waals surface area contributed by atoms with E-state index in [-0.39, 0.29) is 5.60 Å². The third-order valence-electron chi connectivity index (χ3n) is 8.42. The molecule has 0 saturated heterocycles. The van der Waals surface area contributed by atoms with Crippen LogP contribution in [0.15, 0.2) is 48.5 Å². The summed E-state index contributed by atoms with van der Waals surface area (Å²) < 4.78 is 5.98. The zero-order chi connectivity index (χ0) is 24.3. The van der Waals surface area contributed by atoms with Crippen molar-refractivity contribution < 1.29 is 4.74 Å². The summed E-state index contributed by atoms with van der Waals surface area (Å²) >= 11 is 0. The number of hydrogen-bond donors (Lipinski definition) is 0. The van der Waals surface area contributed by atoms with Gasteiger partial charge >= 0.3 is 0 Å². The van der Waals surface area contributed by atoms with E-state index in [4.69, 9.17) is 4.74 Å². The van der Waals surface area contributed by atoms with Gasteiger partial charge in [0, 0.05) is 17.1 Å². The van der Waals surface area contributed by atoms with E-state index in [0.717, 1.165) is 28.9 Å². The molecule has 2 heteroatoms. The summed E-state index contributed by atoms with van der Waals surface area (Å²) in [4.78, 5) is 0. The highest BCUT2D eigenvalue weighted by atomic mass is 32.3. The van der Waals surface area contributed by atoms with Gasteiger partial charge in [0.2, 0.25) is 0 Å². The summed E-state index contributed by atoms with van der Waals surface area (Å²) in [5, 5.41) is 1.46. The van der Waals surface area contributed by atoms with Gasteiger partial charge in [0.05, 0.1) is 5.60 Å². The second-order valence-corrected chi connectivity index (χ2v) is 16.3. The van der Waals surface area contributed by atoms with E-state index >= 15 is 0 Å². The molecule has 2 aromatic rings. The fourth-order valence-electron chi connectivity index (χ4n) is 6.59. The molecule has 0 heterocycles. The summed E-state index contributed by atoms with van der Waals surface area (Å²) in [6.07, 6.45) is 15.8. The monoisotopic (exact) mass is 480 g/mol. The Bertz CT molecular complexity index is 940. The minimum atomic E-state index is -0.835. The van der Waals surface area contributed by atoms with Crippen molar-refractivity contribution in [2.75, 3.05) is 19.1 Å². The standard InChI is InChI=1S/C32H48OS/c1-7-8-15-24-22-30(28-19-11-9-17-26(24)28)34(5,6)31-23-25(27-18-10-12-20-29(27)31)16-13-14-21-33-32(2,3)4/h9-12,17-20,24-25,30-31H,7-8,13-16,21-23H2,1-6H3. The summed E-state index contributed by atoms with van der Waals surface area (Å²) in [6.45, 7) is 9.69. The molecular formula is C32H48OS. The van der Waals surface area contributed by atoms with Gasteiger partial charge in [-0.1, -0.05) is 74.7 Å². The van der Waals surface area contributed by atoms with Gasteiger partial charge < -0.3 is 4.74 Å². The van der Waals surface area contributed by atoms with Crippen molar-refractivity contribution in [3.63, 3.8) is 0 Å². The molecule has 4 atom stereocenters. The van der Waals surface area contributed by atoms with Crippen molar-refractivity contribution in [2.24, 2.45) is 0 Å². The Kier molecular flexibility index (Phi) is 8.20. The Morgan fingerprint density at radius 2 is 1.21 bits per heavy atom. The molecule has 0 aliphatic heterocycles. The number of hydrogen-bond acceptors (Lipinski definition) is 1. The van der Waals surface area contributed by atoms with Crippen LogP contribution in [0.4, 0.5) is 0 Å². The summed E-state index contributed by atoms with van der Waals surface area (Å²) in [5.74, 6) is 1.48. The maximum Gasteiger partial charge on any atom is 0.0598 e. The Labute approximate surface area is 211 Å². The predicted octanol–water partition coefficient (Wildman–Crippen LogP) is 9.68. The van der Waals surface area contributed by atoms with E-state index in [1.54, 1.807) is 22.3 Å². The van der Waals surface area contributed by atoms with Crippen molar-refractivity contribution in [3.8, 4) is 0 Å². The third kappa shape index (κ3) is 5.59. The number of ether oxygens (including phenoxy) is 1. The van der Waals surface area contributed by atoms with Gasteiger partial charge in [0.25, 0.3) is 0 Å². The highest BCUT2D eigenvalue weighted by Crippen LogP contribution is 2.73. The summed E-state index contributed by atoms with van der Waals surface area (Å²) in [5.41, 5.74) is 6.66. The highest BCUT2D eigenvalue weighted by Gasteiger charge is 2.44. The molecular weight excluding hydrogens is 432 g/mol. The van der Waals surface area contributed by atoms with Crippen LogP contribution in [-0.2, 0) is 4.74 Å². The number of fused-ring (bicyclic) bond motifs is 2. The first-order chi connectivity index (χ1) is 16.2. The van der Waals surface area contributed by atoms with E-state index in [1.165, 1.54) is 51.4 Å². The fraction of sp³-hybridized carbons (Fsp3) is 0.625. The quantitative estimate of drug-likeness (QED) is 0.307. The van der Waals surface area contributed by atoms with E-state index in [2.05, 4.69) is 88.7 Å². The van der Waals surface area contributed by atoms with Gasteiger partial charge in [-0.25, -0.2) is 10.0 Å². The minimum Gasteiger partial charge on any atom is -0.376 e. The molecule has 34 heavy (non-hydrogen) atoms. The SMILES string of the molecule is CCCCC1CC(S(C)(C)C2CC(CCCCOC(C)(C)C)c3ccccc32)c2ccccc21. The maximum absolute atomic E-state index is 5.98. The van der Waals surface area contributed by atoms with Crippen LogP contribution in [0.1, 0.15) is 124 Å². The zero-order valence-corrected chi connectivity index (χ0v) is 23.4. The number of unbranched alkanes of at least 4 members (excludes halogenated alkanes) is 2. The largest absolute Gasteiger partial charge is 0.376 e. The van der Waals surface area contributed by atoms with Gasteiger partial charge in [0.1, 0.15) is 0 Å². The summed E-state index contributed by atoms with van der Waals surface area (Å²) in [6, 6.07) is 18.9. The molecule has 0 saturated carbocycles. The molecule has 2 aromatic carbocycles. The van der Waals surface area contributed by atoms with Crippen LogP contribution < -0.4 is 0 Å².